The van der Waals surface area contributed by atoms with E-state index in [0.29, 0.717) is 6.54 Å². The van der Waals surface area contributed by atoms with Crippen molar-refractivity contribution in [1.82, 2.24) is 9.71 Å². The first-order valence-electron chi connectivity index (χ1n) is 6.43. The minimum absolute atomic E-state index is 0. The van der Waals surface area contributed by atoms with E-state index in [0.717, 1.165) is 28.5 Å². The van der Waals surface area contributed by atoms with Crippen LogP contribution in [0.4, 0.5) is 0 Å². The summed E-state index contributed by atoms with van der Waals surface area (Å²) in [6, 6.07) is 5.62. The van der Waals surface area contributed by atoms with Crippen LogP contribution in [0, 0.1) is 0 Å². The highest BCUT2D eigenvalue weighted by atomic mass is 35.5. The molecule has 21 heavy (non-hydrogen) atoms. The Bertz CT molecular complexity index is 710. The van der Waals surface area contributed by atoms with Gasteiger partial charge in [0.15, 0.2) is 0 Å². The van der Waals surface area contributed by atoms with E-state index in [1.165, 1.54) is 6.08 Å². The zero-order chi connectivity index (χ0) is 14.6. The molecule has 1 aromatic heterocycles. The molecule has 0 spiro atoms. The molecule has 0 aliphatic carbocycles. The first-order chi connectivity index (χ1) is 9.55. The maximum atomic E-state index is 11.9. The molecule has 116 valence electrons. The number of fused-ring (bicyclic) bond motifs is 1. The number of hydrogen-bond acceptors (Lipinski definition) is 3. The van der Waals surface area contributed by atoms with Gasteiger partial charge in [0.2, 0.25) is 10.0 Å². The molecular formula is C14H20ClN3O2S. The van der Waals surface area contributed by atoms with Crippen molar-refractivity contribution < 1.29 is 8.42 Å². The van der Waals surface area contributed by atoms with Crippen molar-refractivity contribution in [3.63, 3.8) is 0 Å². The first kappa shape index (κ1) is 17.7. The highest BCUT2D eigenvalue weighted by molar-refractivity contribution is 7.88. The van der Waals surface area contributed by atoms with Crippen LogP contribution in [-0.2, 0) is 22.2 Å². The van der Waals surface area contributed by atoms with Gasteiger partial charge in [-0.1, -0.05) is 12.1 Å². The number of sulfonamides is 1. The van der Waals surface area contributed by atoms with Crippen LogP contribution in [0.1, 0.15) is 11.1 Å². The van der Waals surface area contributed by atoms with Crippen molar-refractivity contribution in [2.45, 2.75) is 12.2 Å². The lowest BCUT2D eigenvalue weighted by molar-refractivity contribution is 0.585. The lowest BCUT2D eigenvalue weighted by Crippen LogP contribution is -2.25. The molecule has 2 aromatic rings. The third kappa shape index (κ3) is 4.57. The van der Waals surface area contributed by atoms with Gasteiger partial charge in [-0.25, -0.2) is 13.1 Å². The monoisotopic (exact) mass is 329 g/mol. The summed E-state index contributed by atoms with van der Waals surface area (Å²) in [7, 11) is -3.33. The second-order valence-electron chi connectivity index (χ2n) is 4.63. The molecule has 0 unspecified atom stereocenters. The van der Waals surface area contributed by atoms with Crippen molar-refractivity contribution in [3.05, 3.63) is 48.2 Å². The van der Waals surface area contributed by atoms with E-state index >= 15 is 0 Å². The summed E-state index contributed by atoms with van der Waals surface area (Å²) in [6.07, 6.45) is 4.21. The van der Waals surface area contributed by atoms with Crippen molar-refractivity contribution >= 4 is 33.3 Å². The average molecular weight is 330 g/mol. The standard InChI is InChI=1S/C14H19N3O2S.ClH/c1-2-7-17-20(18,19)10-11-3-4-14-13(8-11)12(5-6-15)9-16-14;/h2-4,8-9,16-17H,1,5-7,10,15H2;1H. The fourth-order valence-electron chi connectivity index (χ4n) is 2.13. The second-order valence-corrected chi connectivity index (χ2v) is 6.44. The second kappa shape index (κ2) is 7.61. The van der Waals surface area contributed by atoms with E-state index < -0.39 is 10.0 Å². The number of hydrogen-bond donors (Lipinski definition) is 3. The summed E-state index contributed by atoms with van der Waals surface area (Å²) in [5.74, 6) is -0.0377. The Morgan fingerprint density at radius 1 is 1.38 bits per heavy atom. The lowest BCUT2D eigenvalue weighted by Gasteiger charge is -2.05. The molecule has 0 saturated carbocycles. The number of aromatic nitrogens is 1. The molecule has 0 radical (unpaired) electrons. The molecule has 0 fully saturated rings. The van der Waals surface area contributed by atoms with E-state index in [-0.39, 0.29) is 24.7 Å². The molecule has 0 saturated heterocycles. The summed E-state index contributed by atoms with van der Waals surface area (Å²) in [5, 5.41) is 1.03. The third-order valence-electron chi connectivity index (χ3n) is 3.05. The van der Waals surface area contributed by atoms with Gasteiger partial charge in [0.05, 0.1) is 5.75 Å². The third-order valence-corrected chi connectivity index (χ3v) is 4.37. The lowest BCUT2D eigenvalue weighted by atomic mass is 10.1. The van der Waals surface area contributed by atoms with Gasteiger partial charge in [-0.2, -0.15) is 0 Å². The normalized spacial score (nSPS) is 11.3. The summed E-state index contributed by atoms with van der Waals surface area (Å²) in [5.41, 5.74) is 8.44. The number of nitrogens with two attached hydrogens (primary N) is 1. The predicted octanol–water partition coefficient (Wildman–Crippen LogP) is 1.70. The van der Waals surface area contributed by atoms with Crippen LogP contribution in [0.3, 0.4) is 0 Å². The first-order valence-corrected chi connectivity index (χ1v) is 8.08. The minimum atomic E-state index is -3.33. The number of benzene rings is 1. The van der Waals surface area contributed by atoms with Crippen molar-refractivity contribution in [2.75, 3.05) is 13.1 Å². The van der Waals surface area contributed by atoms with Gasteiger partial charge < -0.3 is 10.7 Å². The fraction of sp³-hybridized carbons (Fsp3) is 0.286. The molecule has 4 N–H and O–H groups in total. The molecule has 0 bridgehead atoms. The SMILES string of the molecule is C=CCNS(=O)(=O)Cc1ccc2[nH]cc(CCN)c2c1.Cl. The van der Waals surface area contributed by atoms with E-state index in [4.69, 9.17) is 5.73 Å². The molecule has 7 heteroatoms. The van der Waals surface area contributed by atoms with E-state index in [1.54, 1.807) is 0 Å². The largest absolute Gasteiger partial charge is 0.361 e. The molecule has 1 aromatic carbocycles. The molecule has 0 aliphatic rings. The Morgan fingerprint density at radius 3 is 2.81 bits per heavy atom. The fourth-order valence-corrected chi connectivity index (χ4v) is 3.23. The topological polar surface area (TPSA) is 88.0 Å². The molecular weight excluding hydrogens is 310 g/mol. The Kier molecular flexibility index (Phi) is 6.42. The van der Waals surface area contributed by atoms with Crippen LogP contribution >= 0.6 is 12.4 Å². The van der Waals surface area contributed by atoms with Gasteiger partial charge in [-0.15, -0.1) is 19.0 Å². The zero-order valence-electron chi connectivity index (χ0n) is 11.6. The average Bonchev–Trinajstić information content (AvgIpc) is 2.79. The molecule has 2 rings (SSSR count). The smallest absolute Gasteiger partial charge is 0.216 e. The number of nitrogens with one attached hydrogen (secondary N) is 2. The molecule has 5 nitrogen and oxygen atoms in total. The van der Waals surface area contributed by atoms with Crippen LogP contribution in [0.25, 0.3) is 10.9 Å². The summed E-state index contributed by atoms with van der Waals surface area (Å²) >= 11 is 0. The van der Waals surface area contributed by atoms with Crippen LogP contribution in [0.2, 0.25) is 0 Å². The minimum Gasteiger partial charge on any atom is -0.361 e. The van der Waals surface area contributed by atoms with Crippen molar-refractivity contribution in [2.24, 2.45) is 5.73 Å². The van der Waals surface area contributed by atoms with Gasteiger partial charge in [0, 0.05) is 23.6 Å². The van der Waals surface area contributed by atoms with E-state index in [9.17, 15) is 8.42 Å². The highest BCUT2D eigenvalue weighted by Gasteiger charge is 2.11. The molecule has 1 heterocycles. The van der Waals surface area contributed by atoms with Crippen LogP contribution in [0.15, 0.2) is 37.1 Å². The molecule has 0 atom stereocenters. The predicted molar refractivity (Wildman–Crippen MR) is 89.1 cm³/mol. The Balaban J connectivity index is 0.00000220. The van der Waals surface area contributed by atoms with E-state index in [2.05, 4.69) is 16.3 Å². The maximum Gasteiger partial charge on any atom is 0.216 e. The number of rotatable bonds is 7. The number of halogens is 1. The highest BCUT2D eigenvalue weighted by Crippen LogP contribution is 2.21. The maximum absolute atomic E-state index is 11.9. The van der Waals surface area contributed by atoms with Crippen molar-refractivity contribution in [3.8, 4) is 0 Å². The van der Waals surface area contributed by atoms with Gasteiger partial charge in [0.1, 0.15) is 0 Å². The zero-order valence-corrected chi connectivity index (χ0v) is 13.3. The number of aromatic amines is 1. The summed E-state index contributed by atoms with van der Waals surface area (Å²) < 4.78 is 26.2. The Morgan fingerprint density at radius 2 is 2.14 bits per heavy atom. The molecule has 0 amide bonds. The quantitative estimate of drug-likeness (QED) is 0.675. The summed E-state index contributed by atoms with van der Waals surface area (Å²) in [4.78, 5) is 3.16. The van der Waals surface area contributed by atoms with Gasteiger partial charge >= 0.3 is 0 Å². The van der Waals surface area contributed by atoms with Crippen LogP contribution in [-0.4, -0.2) is 26.5 Å². The summed E-state index contributed by atoms with van der Waals surface area (Å²) in [6.45, 7) is 4.30. The Labute approximate surface area is 131 Å². The Hall–Kier alpha value is -1.34. The number of H-pyrrole nitrogens is 1. The van der Waals surface area contributed by atoms with Crippen molar-refractivity contribution in [1.29, 1.82) is 0 Å². The van der Waals surface area contributed by atoms with Gasteiger partial charge in [0.25, 0.3) is 0 Å². The van der Waals surface area contributed by atoms with Gasteiger partial charge in [-0.05, 0) is 36.2 Å². The van der Waals surface area contributed by atoms with Crippen LogP contribution < -0.4 is 10.5 Å². The molecule has 0 aliphatic heterocycles. The van der Waals surface area contributed by atoms with Crippen LogP contribution in [0.5, 0.6) is 0 Å². The van der Waals surface area contributed by atoms with Gasteiger partial charge in [-0.3, -0.25) is 0 Å². The van der Waals surface area contributed by atoms with E-state index in [1.807, 2.05) is 24.4 Å².